The van der Waals surface area contributed by atoms with E-state index >= 15 is 0 Å². The maximum Gasteiger partial charge on any atom is 0.147 e. The molecule has 0 aliphatic carbocycles. The molecule has 0 spiro atoms. The van der Waals surface area contributed by atoms with Crippen molar-refractivity contribution in [1.29, 1.82) is 0 Å². The lowest BCUT2D eigenvalue weighted by Crippen LogP contribution is -2.44. The number of thioether (sulfide) groups is 1. The molecule has 2 saturated heterocycles. The van der Waals surface area contributed by atoms with Crippen LogP contribution in [-0.2, 0) is 4.79 Å². The Labute approximate surface area is 202 Å². The highest BCUT2D eigenvalue weighted by Gasteiger charge is 2.28. The van der Waals surface area contributed by atoms with E-state index in [9.17, 15) is 4.79 Å². The molecule has 2 aromatic carbocycles. The van der Waals surface area contributed by atoms with Crippen molar-refractivity contribution in [3.05, 3.63) is 61.9 Å². The fourth-order valence-electron chi connectivity index (χ4n) is 3.99. The second-order valence-corrected chi connectivity index (χ2v) is 10.1. The van der Waals surface area contributed by atoms with Crippen LogP contribution in [0.5, 0.6) is 0 Å². The molecular weight excluding hydrogens is 473 g/mol. The van der Waals surface area contributed by atoms with Gasteiger partial charge in [-0.15, -0.1) is 11.8 Å². The summed E-state index contributed by atoms with van der Waals surface area (Å²) >= 11 is 20.7. The van der Waals surface area contributed by atoms with E-state index in [-0.39, 0.29) is 0 Å². The Bertz CT molecular complexity index is 992. The number of aldehydes is 1. The van der Waals surface area contributed by atoms with E-state index in [1.54, 1.807) is 17.8 Å². The lowest BCUT2D eigenvalue weighted by molar-refractivity contribution is -0.108. The largest absolute Gasteiger partial charge is 0.368 e. The highest BCUT2D eigenvalue weighted by molar-refractivity contribution is 8.03. The quantitative estimate of drug-likeness (QED) is 0.517. The molecule has 31 heavy (non-hydrogen) atoms. The maximum absolute atomic E-state index is 12.2. The van der Waals surface area contributed by atoms with Gasteiger partial charge in [0.05, 0.1) is 10.0 Å². The third-order valence-corrected chi connectivity index (χ3v) is 7.90. The Morgan fingerprint density at radius 2 is 1.74 bits per heavy atom. The molecule has 0 aromatic heterocycles. The van der Waals surface area contributed by atoms with Crippen molar-refractivity contribution in [1.82, 2.24) is 4.90 Å². The molecule has 2 fully saturated rings. The van der Waals surface area contributed by atoms with Gasteiger partial charge in [-0.1, -0.05) is 40.9 Å². The Morgan fingerprint density at radius 3 is 2.45 bits per heavy atom. The number of anilines is 2. The summed E-state index contributed by atoms with van der Waals surface area (Å²) in [7, 11) is 2.14. The average Bonchev–Trinajstić information content (AvgIpc) is 2.77. The number of halogens is 3. The van der Waals surface area contributed by atoms with Gasteiger partial charge in [0.2, 0.25) is 0 Å². The van der Waals surface area contributed by atoms with E-state index in [0.717, 1.165) is 66.6 Å². The summed E-state index contributed by atoms with van der Waals surface area (Å²) in [5.41, 5.74) is 2.97. The van der Waals surface area contributed by atoms with Gasteiger partial charge >= 0.3 is 0 Å². The maximum atomic E-state index is 12.2. The Kier molecular flexibility index (Phi) is 7.40. The molecule has 0 N–H and O–H groups in total. The standard InChI is InChI=1S/C23H24Cl3N3OS/c1-27-7-9-28(10-8-27)21-4-2-3-18(24)17(21)14-23-22(15-30)29(11-12-31-23)16-5-6-19(25)20(26)13-16/h2-6,13-15,22H,7-12H2,1H3. The van der Waals surface area contributed by atoms with Gasteiger partial charge in [-0.3, -0.25) is 0 Å². The number of piperazine rings is 1. The molecule has 1 unspecified atom stereocenters. The SMILES string of the molecule is CN1CCN(c2cccc(Cl)c2C=C2SCCN(c3ccc(Cl)c(Cl)c3)C2C=O)CC1. The van der Waals surface area contributed by atoms with E-state index < -0.39 is 6.04 Å². The minimum absolute atomic E-state index is 0.396. The van der Waals surface area contributed by atoms with Crippen LogP contribution in [-0.4, -0.2) is 62.8 Å². The van der Waals surface area contributed by atoms with Crippen LogP contribution in [0.4, 0.5) is 11.4 Å². The molecule has 2 aliphatic rings. The van der Waals surface area contributed by atoms with Gasteiger partial charge in [-0.05, 0) is 43.5 Å². The third kappa shape index (κ3) is 5.01. The van der Waals surface area contributed by atoms with Gasteiger partial charge in [0.1, 0.15) is 12.3 Å². The van der Waals surface area contributed by atoms with Crippen LogP contribution in [0.15, 0.2) is 41.3 Å². The minimum Gasteiger partial charge on any atom is -0.368 e. The summed E-state index contributed by atoms with van der Waals surface area (Å²) < 4.78 is 0. The van der Waals surface area contributed by atoms with Crippen LogP contribution >= 0.6 is 46.6 Å². The number of hydrogen-bond acceptors (Lipinski definition) is 5. The summed E-state index contributed by atoms with van der Waals surface area (Å²) in [5, 5.41) is 1.68. The molecule has 4 nitrogen and oxygen atoms in total. The van der Waals surface area contributed by atoms with Crippen LogP contribution in [0, 0.1) is 0 Å². The van der Waals surface area contributed by atoms with E-state index in [2.05, 4.69) is 33.9 Å². The van der Waals surface area contributed by atoms with Gasteiger partial charge in [0.25, 0.3) is 0 Å². The zero-order valence-electron chi connectivity index (χ0n) is 17.2. The molecule has 2 heterocycles. The summed E-state index contributed by atoms with van der Waals surface area (Å²) in [6.45, 7) is 4.68. The first-order valence-electron chi connectivity index (χ1n) is 10.2. The molecule has 4 rings (SSSR count). The van der Waals surface area contributed by atoms with Crippen molar-refractivity contribution >= 4 is 70.3 Å². The van der Waals surface area contributed by atoms with Crippen molar-refractivity contribution in [3.8, 4) is 0 Å². The van der Waals surface area contributed by atoms with Crippen LogP contribution in [0.3, 0.4) is 0 Å². The normalized spacial score (nSPS) is 21.5. The second kappa shape index (κ2) is 10.1. The van der Waals surface area contributed by atoms with Crippen LogP contribution in [0.2, 0.25) is 15.1 Å². The first-order chi connectivity index (χ1) is 15.0. The van der Waals surface area contributed by atoms with Crippen LogP contribution in [0.25, 0.3) is 6.08 Å². The third-order valence-electron chi connectivity index (χ3n) is 5.75. The Balaban J connectivity index is 1.69. The number of likely N-dealkylation sites (N-methyl/N-ethyl adjacent to an activating group) is 1. The smallest absolute Gasteiger partial charge is 0.147 e. The predicted octanol–water partition coefficient (Wildman–Crippen LogP) is 5.56. The van der Waals surface area contributed by atoms with Crippen molar-refractivity contribution < 1.29 is 4.79 Å². The zero-order valence-corrected chi connectivity index (χ0v) is 20.3. The average molecular weight is 497 g/mol. The predicted molar refractivity (Wildman–Crippen MR) is 135 cm³/mol. The van der Waals surface area contributed by atoms with Gasteiger partial charge in [-0.25, -0.2) is 0 Å². The minimum atomic E-state index is -0.396. The number of benzene rings is 2. The summed E-state index contributed by atoms with van der Waals surface area (Å²) in [4.78, 5) is 20.0. The monoisotopic (exact) mass is 495 g/mol. The first-order valence-corrected chi connectivity index (χ1v) is 12.3. The highest BCUT2D eigenvalue weighted by Crippen LogP contribution is 2.38. The molecule has 0 radical (unpaired) electrons. The van der Waals surface area contributed by atoms with Gasteiger partial charge in [0, 0.05) is 65.3 Å². The Morgan fingerprint density at radius 1 is 0.968 bits per heavy atom. The van der Waals surface area contributed by atoms with Gasteiger partial charge < -0.3 is 19.5 Å². The molecule has 8 heteroatoms. The molecule has 0 saturated carbocycles. The number of carbonyl (C=O) groups excluding carboxylic acids is 1. The first kappa shape index (κ1) is 22.8. The fourth-order valence-corrected chi connectivity index (χ4v) is 5.59. The van der Waals surface area contributed by atoms with E-state index in [1.807, 2.05) is 24.3 Å². The fraction of sp³-hybridized carbons (Fsp3) is 0.348. The van der Waals surface area contributed by atoms with E-state index in [1.165, 1.54) is 0 Å². The van der Waals surface area contributed by atoms with Crippen LogP contribution in [0.1, 0.15) is 5.56 Å². The molecule has 164 valence electrons. The second-order valence-electron chi connectivity index (χ2n) is 7.73. The van der Waals surface area contributed by atoms with Crippen molar-refractivity contribution in [3.63, 3.8) is 0 Å². The molecule has 2 aliphatic heterocycles. The topological polar surface area (TPSA) is 26.8 Å². The number of hydrogen-bond donors (Lipinski definition) is 0. The van der Waals surface area contributed by atoms with Crippen molar-refractivity contribution in [2.75, 3.05) is 55.3 Å². The molecule has 0 amide bonds. The van der Waals surface area contributed by atoms with E-state index in [4.69, 9.17) is 34.8 Å². The molecular formula is C23H24Cl3N3OS. The van der Waals surface area contributed by atoms with Crippen molar-refractivity contribution in [2.24, 2.45) is 0 Å². The summed E-state index contributed by atoms with van der Waals surface area (Å²) in [6.07, 6.45) is 3.08. The van der Waals surface area contributed by atoms with E-state index in [0.29, 0.717) is 15.1 Å². The number of rotatable bonds is 4. The van der Waals surface area contributed by atoms with Crippen molar-refractivity contribution in [2.45, 2.75) is 6.04 Å². The van der Waals surface area contributed by atoms with Gasteiger partial charge in [0.15, 0.2) is 0 Å². The van der Waals surface area contributed by atoms with Crippen LogP contribution < -0.4 is 9.80 Å². The lowest BCUT2D eigenvalue weighted by atomic mass is 10.1. The highest BCUT2D eigenvalue weighted by atomic mass is 35.5. The molecule has 0 bridgehead atoms. The zero-order chi connectivity index (χ0) is 22.0. The molecule has 1 atom stereocenters. The summed E-state index contributed by atoms with van der Waals surface area (Å²) in [6, 6.07) is 11.1. The number of carbonyl (C=O) groups is 1. The Hall–Kier alpha value is -1.37. The molecule has 2 aromatic rings. The van der Waals surface area contributed by atoms with Gasteiger partial charge in [-0.2, -0.15) is 0 Å². The number of nitrogens with zero attached hydrogens (tertiary/aromatic N) is 3. The summed E-state index contributed by atoms with van der Waals surface area (Å²) in [5.74, 6) is 0.866. The lowest BCUT2D eigenvalue weighted by Gasteiger charge is -2.37.